The lowest BCUT2D eigenvalue weighted by Gasteiger charge is -2.33. The number of carbonyl (C=O) groups is 1. The topological polar surface area (TPSA) is 89.0 Å². The van der Waals surface area contributed by atoms with Crippen LogP contribution < -0.4 is 0 Å². The molecule has 1 aliphatic rings. The number of benzene rings is 1. The van der Waals surface area contributed by atoms with Crippen LogP contribution in [-0.2, 0) is 17.5 Å². The maximum absolute atomic E-state index is 14.1. The SMILES string of the molecule is CC(C#N)n1cc(-c2ccccc2[C@@H]2CN(C(=O)/C=C/CN(C)C)Cc3sc(C#N)cc32)c(C(F)(F)F)n1. The van der Waals surface area contributed by atoms with E-state index >= 15 is 0 Å². The molecule has 1 amide bonds. The van der Waals surface area contributed by atoms with Crippen LogP contribution in [0, 0.1) is 22.7 Å². The fourth-order valence-electron chi connectivity index (χ4n) is 4.48. The van der Waals surface area contributed by atoms with E-state index in [0.29, 0.717) is 29.1 Å². The Morgan fingerprint density at radius 1 is 1.26 bits per heavy atom. The average Bonchev–Trinajstić information content (AvgIpc) is 3.52. The first kappa shape index (κ1) is 27.1. The van der Waals surface area contributed by atoms with E-state index in [1.165, 1.54) is 30.5 Å². The molecule has 0 radical (unpaired) electrons. The van der Waals surface area contributed by atoms with Crippen LogP contribution in [0.1, 0.15) is 45.5 Å². The molecule has 2 atom stereocenters. The summed E-state index contributed by atoms with van der Waals surface area (Å²) in [5, 5.41) is 22.5. The second kappa shape index (κ2) is 10.8. The number of nitrogens with zero attached hydrogens (tertiary/aromatic N) is 6. The molecular formula is C27H25F3N6OS. The molecule has 1 unspecified atom stereocenters. The molecule has 4 rings (SSSR count). The van der Waals surface area contributed by atoms with E-state index in [2.05, 4.69) is 11.2 Å². The number of nitriles is 2. The van der Waals surface area contributed by atoms with Crippen molar-refractivity contribution >= 4 is 17.2 Å². The highest BCUT2D eigenvalue weighted by atomic mass is 32.1. The zero-order chi connectivity index (χ0) is 27.6. The standard InChI is InChI=1S/C27H25F3N6OS/c1-17(12-31)36-15-23(26(33-36)27(28,29)30)20-8-5-4-7-19(20)22-14-35(25(37)9-6-10-34(2)3)16-24-21(22)11-18(13-32)38-24/h4-9,11,15,17,22H,10,14,16H2,1-3H3/b9-6+/t17?,22-/m0/s1. The van der Waals surface area contributed by atoms with Crippen molar-refractivity contribution < 1.29 is 18.0 Å². The van der Waals surface area contributed by atoms with Crippen molar-refractivity contribution in [2.24, 2.45) is 0 Å². The molecule has 1 aliphatic heterocycles. The number of fused-ring (bicyclic) bond motifs is 1. The number of amides is 1. The fourth-order valence-corrected chi connectivity index (χ4v) is 5.51. The lowest BCUT2D eigenvalue weighted by molar-refractivity contribution is -0.141. The Hall–Kier alpha value is -3.93. The third kappa shape index (κ3) is 5.49. The Kier molecular flexibility index (Phi) is 7.72. The average molecular weight is 539 g/mol. The van der Waals surface area contributed by atoms with Gasteiger partial charge in [-0.1, -0.05) is 30.3 Å². The summed E-state index contributed by atoms with van der Waals surface area (Å²) in [5.41, 5.74) is 0.508. The summed E-state index contributed by atoms with van der Waals surface area (Å²) < 4.78 is 43.2. The summed E-state index contributed by atoms with van der Waals surface area (Å²) in [6.45, 7) is 2.61. The maximum Gasteiger partial charge on any atom is 0.435 e. The van der Waals surface area contributed by atoms with Gasteiger partial charge >= 0.3 is 6.18 Å². The van der Waals surface area contributed by atoms with Gasteiger partial charge in [-0.25, -0.2) is 0 Å². The first-order chi connectivity index (χ1) is 18.0. The highest BCUT2D eigenvalue weighted by molar-refractivity contribution is 7.12. The van der Waals surface area contributed by atoms with Crippen molar-refractivity contribution in [2.45, 2.75) is 31.6 Å². The Morgan fingerprint density at radius 2 is 2.00 bits per heavy atom. The predicted molar refractivity (Wildman–Crippen MR) is 137 cm³/mol. The van der Waals surface area contributed by atoms with Gasteiger partial charge < -0.3 is 9.80 Å². The minimum Gasteiger partial charge on any atom is -0.333 e. The molecule has 0 spiro atoms. The Bertz CT molecular complexity index is 1460. The molecule has 0 aliphatic carbocycles. The molecular weight excluding hydrogens is 513 g/mol. The van der Waals surface area contributed by atoms with E-state index < -0.39 is 23.8 Å². The Balaban J connectivity index is 1.83. The van der Waals surface area contributed by atoms with E-state index in [-0.39, 0.29) is 18.0 Å². The second-order valence-corrected chi connectivity index (χ2v) is 10.4. The van der Waals surface area contributed by atoms with Gasteiger partial charge in [0, 0.05) is 41.7 Å². The third-order valence-corrected chi connectivity index (χ3v) is 7.36. The first-order valence-electron chi connectivity index (χ1n) is 11.8. The molecule has 196 valence electrons. The summed E-state index contributed by atoms with van der Waals surface area (Å²) in [4.78, 5) is 17.9. The number of halogens is 3. The molecule has 7 nitrogen and oxygen atoms in total. The van der Waals surface area contributed by atoms with Gasteiger partial charge in [-0.05, 0) is 43.8 Å². The number of hydrogen-bond donors (Lipinski definition) is 0. The fraction of sp³-hybridized carbons (Fsp3) is 0.333. The van der Waals surface area contributed by atoms with Crippen molar-refractivity contribution in [1.29, 1.82) is 10.5 Å². The van der Waals surface area contributed by atoms with Crippen LogP contribution in [0.15, 0.2) is 48.7 Å². The summed E-state index contributed by atoms with van der Waals surface area (Å²) in [7, 11) is 3.78. The van der Waals surface area contributed by atoms with Crippen LogP contribution in [-0.4, -0.2) is 52.7 Å². The van der Waals surface area contributed by atoms with Gasteiger partial charge in [-0.3, -0.25) is 9.48 Å². The quantitative estimate of drug-likeness (QED) is 0.404. The van der Waals surface area contributed by atoms with E-state index in [1.54, 1.807) is 41.3 Å². The molecule has 0 bridgehead atoms. The van der Waals surface area contributed by atoms with Crippen molar-refractivity contribution in [3.05, 3.63) is 75.3 Å². The number of rotatable bonds is 6. The van der Waals surface area contributed by atoms with Gasteiger partial charge in [-0.2, -0.15) is 28.8 Å². The molecule has 0 fully saturated rings. The van der Waals surface area contributed by atoms with Crippen LogP contribution in [0.3, 0.4) is 0 Å². The third-order valence-electron chi connectivity index (χ3n) is 6.32. The molecule has 38 heavy (non-hydrogen) atoms. The summed E-state index contributed by atoms with van der Waals surface area (Å²) in [6.07, 6.45) is -0.227. The lowest BCUT2D eigenvalue weighted by Crippen LogP contribution is -2.37. The van der Waals surface area contributed by atoms with E-state index in [0.717, 1.165) is 15.1 Å². The molecule has 2 aromatic heterocycles. The number of aromatic nitrogens is 2. The largest absolute Gasteiger partial charge is 0.435 e. The van der Waals surface area contributed by atoms with Gasteiger partial charge in [0.15, 0.2) is 5.69 Å². The summed E-state index contributed by atoms with van der Waals surface area (Å²) in [5.74, 6) is -0.671. The Morgan fingerprint density at radius 3 is 2.66 bits per heavy atom. The normalized spacial score (nSPS) is 16.3. The van der Waals surface area contributed by atoms with Gasteiger partial charge in [-0.15, -0.1) is 11.3 Å². The maximum atomic E-state index is 14.1. The molecule has 0 saturated carbocycles. The van der Waals surface area contributed by atoms with Crippen molar-refractivity contribution in [1.82, 2.24) is 19.6 Å². The van der Waals surface area contributed by atoms with Gasteiger partial charge in [0.05, 0.1) is 12.6 Å². The smallest absolute Gasteiger partial charge is 0.333 e. The van der Waals surface area contributed by atoms with Crippen LogP contribution >= 0.6 is 11.3 Å². The highest BCUT2D eigenvalue weighted by Gasteiger charge is 2.39. The second-order valence-electron chi connectivity index (χ2n) is 9.30. The lowest BCUT2D eigenvalue weighted by atomic mass is 9.83. The number of likely N-dealkylation sites (N-methyl/N-ethyl adjacent to an activating group) is 1. The van der Waals surface area contributed by atoms with E-state index in [1.807, 2.05) is 25.1 Å². The number of alkyl halides is 3. The van der Waals surface area contributed by atoms with Crippen molar-refractivity contribution in [3.8, 4) is 23.3 Å². The van der Waals surface area contributed by atoms with Crippen LogP contribution in [0.25, 0.3) is 11.1 Å². The van der Waals surface area contributed by atoms with E-state index in [4.69, 9.17) is 0 Å². The first-order valence-corrected chi connectivity index (χ1v) is 12.6. The minimum absolute atomic E-state index is 0.137. The molecule has 3 aromatic rings. The number of carbonyl (C=O) groups excluding carboxylic acids is 1. The monoisotopic (exact) mass is 538 g/mol. The van der Waals surface area contributed by atoms with Gasteiger partial charge in [0.25, 0.3) is 0 Å². The Labute approximate surface area is 222 Å². The van der Waals surface area contributed by atoms with Crippen molar-refractivity contribution in [3.63, 3.8) is 0 Å². The molecule has 3 heterocycles. The predicted octanol–water partition coefficient (Wildman–Crippen LogP) is 5.18. The van der Waals surface area contributed by atoms with Gasteiger partial charge in [0.2, 0.25) is 5.91 Å². The van der Waals surface area contributed by atoms with Gasteiger partial charge in [0.1, 0.15) is 17.0 Å². The van der Waals surface area contributed by atoms with Crippen LogP contribution in [0.5, 0.6) is 0 Å². The summed E-state index contributed by atoms with van der Waals surface area (Å²) >= 11 is 1.28. The van der Waals surface area contributed by atoms with Crippen LogP contribution in [0.4, 0.5) is 13.2 Å². The number of hydrogen-bond acceptors (Lipinski definition) is 6. The van der Waals surface area contributed by atoms with Crippen molar-refractivity contribution in [2.75, 3.05) is 27.2 Å². The molecule has 11 heteroatoms. The highest BCUT2D eigenvalue weighted by Crippen LogP contribution is 2.44. The summed E-state index contributed by atoms with van der Waals surface area (Å²) in [6, 6.07) is 11.7. The molecule has 1 aromatic carbocycles. The zero-order valence-electron chi connectivity index (χ0n) is 21.0. The van der Waals surface area contributed by atoms with E-state index in [9.17, 15) is 28.5 Å². The molecule has 0 N–H and O–H groups in total. The minimum atomic E-state index is -4.74. The number of thiophene rings is 1. The molecule has 0 saturated heterocycles. The zero-order valence-corrected chi connectivity index (χ0v) is 21.8. The van der Waals surface area contributed by atoms with Crippen LogP contribution in [0.2, 0.25) is 0 Å².